The first-order valence-electron chi connectivity index (χ1n) is 44.9. The standard InChI is InChI=1S/C43H26N2S.C43H30N2Si.C36H21N3S/c1-2-11-27(12-3-1)30-16-8-18-34-35-19-9-17-31(43(35)46-42(30)34)28-22-24-29(25-23-28)45-38-21-7-6-15-36(38)39-32-13-4-5-14-33(32)40-37(41(39)45)20-10-26-44-40;1-4-15-32(16-5-1)46(33-17-6-2-7-18-33,34-19-8-3-9-20-34)35-28-26-31(27-29-35)45-40-25-13-12-23-38(40)41-36-21-10-11-22-37(36)42-39(43(41)45)24-14-30-44-42;1-2-11-26-25(10-1)33-28-12-3-5-16-30(28)39(35(33)29-15-8-20-37-34(26)29)32-19-18-22(21-38-32)23-13-7-14-27-24-9-4-6-17-31(24)40-36(23)27/h1-26H;1-30H;1-21H. The van der Waals surface area contributed by atoms with Crippen LogP contribution in [0.4, 0.5) is 0 Å². The number of benzene rings is 19. The topological polar surface area (TPSA) is 66.3 Å². The zero-order valence-corrected chi connectivity index (χ0v) is 74.0. The minimum absolute atomic E-state index is 0.902. The Kier molecular flexibility index (Phi) is 18.2. The molecule has 0 N–H and O–H groups in total. The average Bonchev–Trinajstić information content (AvgIpc) is 1.54. The van der Waals surface area contributed by atoms with Gasteiger partial charge < -0.3 is 9.13 Å². The SMILES string of the molecule is c1ccc(-c2cccc3c2sc2c(-c4ccc(-n5c6ccccc6c6c7ccccc7c7ncccc7c65)cc4)cccc23)cc1.c1ccc([Si](c2ccccc2)(c2ccccc2)c2ccc(-n3c4ccccc4c4c5ccccc5c5ncccc5c43)cc2)cc1.c1ccc2c(c1)sc1c(-c3ccc(-n4c5ccccc5c5c6ccccc6c6ncccc6c54)nc3)cccc12. The van der Waals surface area contributed by atoms with Crippen molar-refractivity contribution < 1.29 is 0 Å². The molecule has 10 heteroatoms. The van der Waals surface area contributed by atoms with E-state index in [2.05, 4.69) is 450 Å². The van der Waals surface area contributed by atoms with Gasteiger partial charge in [0.15, 0.2) is 8.07 Å². The highest BCUT2D eigenvalue weighted by molar-refractivity contribution is 7.27. The Morgan fingerprint density at radius 3 is 0.939 bits per heavy atom. The van der Waals surface area contributed by atoms with Gasteiger partial charge in [0.2, 0.25) is 0 Å². The Labute approximate surface area is 768 Å². The highest BCUT2D eigenvalue weighted by Gasteiger charge is 2.41. The van der Waals surface area contributed by atoms with Crippen molar-refractivity contribution in [1.82, 2.24) is 33.6 Å². The molecule has 0 aliphatic heterocycles. The highest BCUT2D eigenvalue weighted by Crippen LogP contribution is 2.49. The van der Waals surface area contributed by atoms with E-state index in [0.29, 0.717) is 0 Å². The van der Waals surface area contributed by atoms with Gasteiger partial charge in [0.25, 0.3) is 0 Å². The number of pyridine rings is 4. The van der Waals surface area contributed by atoms with Gasteiger partial charge in [-0.2, -0.15) is 0 Å². The van der Waals surface area contributed by atoms with Gasteiger partial charge in [-0.3, -0.25) is 19.5 Å². The van der Waals surface area contributed by atoms with Crippen molar-refractivity contribution in [3.63, 3.8) is 0 Å². The number of fused-ring (bicyclic) bond motifs is 30. The third kappa shape index (κ3) is 12.0. The summed E-state index contributed by atoms with van der Waals surface area (Å²) in [6.07, 6.45) is 7.72. The van der Waals surface area contributed by atoms with E-state index < -0.39 is 8.07 Å². The summed E-state index contributed by atoms with van der Waals surface area (Å²) in [6.45, 7) is 0. The molecule has 0 fully saturated rings. The lowest BCUT2D eigenvalue weighted by Crippen LogP contribution is -2.74. The van der Waals surface area contributed by atoms with E-state index in [9.17, 15) is 0 Å². The van der Waals surface area contributed by atoms with E-state index >= 15 is 0 Å². The van der Waals surface area contributed by atoms with Crippen molar-refractivity contribution in [3.05, 3.63) is 468 Å². The van der Waals surface area contributed by atoms with Crippen molar-refractivity contribution in [3.8, 4) is 50.6 Å². The molecule has 0 aliphatic rings. The van der Waals surface area contributed by atoms with Gasteiger partial charge in [0.05, 0.1) is 49.7 Å². The van der Waals surface area contributed by atoms with Crippen LogP contribution in [0.1, 0.15) is 0 Å². The molecule has 0 bridgehead atoms. The summed E-state index contributed by atoms with van der Waals surface area (Å²) in [5.41, 5.74) is 19.9. The maximum absolute atomic E-state index is 5.09. The van der Waals surface area contributed by atoms with Gasteiger partial charge in [-0.05, 0) is 156 Å². The van der Waals surface area contributed by atoms with Crippen molar-refractivity contribution in [2.75, 3.05) is 0 Å². The molecule has 9 heterocycles. The monoisotopic (exact) mass is 1730 g/mol. The maximum atomic E-state index is 5.09. The predicted molar refractivity (Wildman–Crippen MR) is 564 cm³/mol. The Bertz CT molecular complexity index is 9360. The predicted octanol–water partition coefficient (Wildman–Crippen LogP) is 30.0. The molecule has 0 amide bonds. The summed E-state index contributed by atoms with van der Waals surface area (Å²) >= 11 is 3.75. The maximum Gasteiger partial charge on any atom is 0.179 e. The molecular weight excluding hydrogens is 1660 g/mol. The quantitative estimate of drug-likeness (QED) is 0.0777. The van der Waals surface area contributed by atoms with Crippen LogP contribution >= 0.6 is 22.7 Å². The molecule has 28 rings (SSSR count). The molecule has 0 unspecified atom stereocenters. The summed E-state index contributed by atoms with van der Waals surface area (Å²) in [6, 6.07) is 161. The minimum Gasteiger partial charge on any atom is -0.309 e. The van der Waals surface area contributed by atoms with Crippen LogP contribution in [0.2, 0.25) is 0 Å². The summed E-state index contributed by atoms with van der Waals surface area (Å²) in [5.74, 6) is 0.902. The minimum atomic E-state index is -2.61. The molecule has 0 radical (unpaired) electrons. The summed E-state index contributed by atoms with van der Waals surface area (Å²) in [5, 5.41) is 29.0. The number of hydrogen-bond acceptors (Lipinski definition) is 6. The Hall–Kier alpha value is -16.6. The summed E-state index contributed by atoms with van der Waals surface area (Å²) in [7, 11) is -2.61. The lowest BCUT2D eigenvalue weighted by atomic mass is 9.99. The molecule has 9 aromatic heterocycles. The van der Waals surface area contributed by atoms with Gasteiger partial charge in [0, 0.05) is 152 Å². The van der Waals surface area contributed by atoms with Crippen molar-refractivity contribution in [1.29, 1.82) is 0 Å². The van der Waals surface area contributed by atoms with Crippen LogP contribution in [0.15, 0.2) is 468 Å². The number of rotatable bonds is 10. The molecule has 0 saturated heterocycles. The normalized spacial score (nSPS) is 11.9. The van der Waals surface area contributed by atoms with Crippen molar-refractivity contribution >= 4 is 222 Å². The highest BCUT2D eigenvalue weighted by atomic mass is 32.1. The molecule has 0 spiro atoms. The zero-order valence-electron chi connectivity index (χ0n) is 71.4. The van der Waals surface area contributed by atoms with Crippen LogP contribution in [0, 0.1) is 0 Å². The van der Waals surface area contributed by atoms with Gasteiger partial charge in [-0.15, -0.1) is 22.7 Å². The molecule has 0 aliphatic carbocycles. The third-order valence-electron chi connectivity index (χ3n) is 27.1. The number of nitrogens with zero attached hydrogens (tertiary/aromatic N) is 7. The Morgan fingerprint density at radius 1 is 0.197 bits per heavy atom. The van der Waals surface area contributed by atoms with Crippen LogP contribution < -0.4 is 20.7 Å². The van der Waals surface area contributed by atoms with Crippen LogP contribution in [0.25, 0.3) is 221 Å². The number of thiophene rings is 2. The molecule has 0 saturated carbocycles. The zero-order chi connectivity index (χ0) is 86.9. The van der Waals surface area contributed by atoms with Gasteiger partial charge in [-0.1, -0.05) is 346 Å². The van der Waals surface area contributed by atoms with Crippen LogP contribution in [-0.4, -0.2) is 41.7 Å². The summed E-state index contributed by atoms with van der Waals surface area (Å²) in [4.78, 5) is 19.7. The lowest BCUT2D eigenvalue weighted by molar-refractivity contribution is 1.08. The lowest BCUT2D eigenvalue weighted by Gasteiger charge is -2.34. The fourth-order valence-electron chi connectivity index (χ4n) is 21.5. The molecule has 28 aromatic rings. The molecular formula is C122H77N7S2Si. The first-order chi connectivity index (χ1) is 65.6. The van der Waals surface area contributed by atoms with E-state index in [-0.39, 0.29) is 0 Å². The fourth-order valence-corrected chi connectivity index (χ4v) is 28.8. The van der Waals surface area contributed by atoms with E-state index in [4.69, 9.17) is 19.9 Å². The van der Waals surface area contributed by atoms with E-state index in [0.717, 1.165) is 61.1 Å². The van der Waals surface area contributed by atoms with E-state index in [1.165, 1.54) is 181 Å². The Morgan fingerprint density at radius 2 is 0.508 bits per heavy atom. The van der Waals surface area contributed by atoms with Crippen LogP contribution in [0.5, 0.6) is 0 Å². The van der Waals surface area contributed by atoms with Crippen molar-refractivity contribution in [2.24, 2.45) is 0 Å². The second-order valence-electron chi connectivity index (χ2n) is 34.0. The fraction of sp³-hybridized carbons (Fsp3) is 0. The third-order valence-corrected chi connectivity index (χ3v) is 34.4. The van der Waals surface area contributed by atoms with E-state index in [1.54, 1.807) is 0 Å². The Balaban J connectivity index is 0.000000104. The van der Waals surface area contributed by atoms with E-state index in [1.807, 2.05) is 53.5 Å². The molecule has 132 heavy (non-hydrogen) atoms. The van der Waals surface area contributed by atoms with Gasteiger partial charge in [0.1, 0.15) is 5.82 Å². The largest absolute Gasteiger partial charge is 0.309 e. The molecule has 616 valence electrons. The van der Waals surface area contributed by atoms with Crippen LogP contribution in [0.3, 0.4) is 0 Å². The smallest absolute Gasteiger partial charge is 0.179 e. The number of aromatic nitrogens is 7. The number of para-hydroxylation sites is 3. The molecule has 0 atom stereocenters. The number of hydrogen-bond donors (Lipinski definition) is 0. The first-order valence-corrected chi connectivity index (χ1v) is 48.5. The second-order valence-corrected chi connectivity index (χ2v) is 39.9. The van der Waals surface area contributed by atoms with Gasteiger partial charge in [-0.25, -0.2) is 4.98 Å². The first kappa shape index (κ1) is 76.6. The average molecular weight is 1730 g/mol. The van der Waals surface area contributed by atoms with Crippen molar-refractivity contribution in [2.45, 2.75) is 0 Å². The molecule has 19 aromatic carbocycles. The van der Waals surface area contributed by atoms with Crippen LogP contribution in [-0.2, 0) is 0 Å². The van der Waals surface area contributed by atoms with Gasteiger partial charge >= 0.3 is 0 Å². The molecule has 7 nitrogen and oxygen atoms in total. The second kappa shape index (κ2) is 31.4. The summed E-state index contributed by atoms with van der Waals surface area (Å²) < 4.78 is 12.5.